The number of carbonyl (C=O) groups is 1. The van der Waals surface area contributed by atoms with Crippen molar-refractivity contribution in [1.29, 1.82) is 0 Å². The Hall–Kier alpha value is -2.14. The van der Waals surface area contributed by atoms with Crippen LogP contribution in [0.15, 0.2) is 27.4 Å². The number of carbonyl (C=O) groups excluding carboxylic acids is 1. The maximum atomic E-state index is 11.8. The van der Waals surface area contributed by atoms with E-state index in [1.54, 1.807) is 13.0 Å². The maximum Gasteiger partial charge on any atom is 0.347 e. The zero-order chi connectivity index (χ0) is 14.0. The van der Waals surface area contributed by atoms with Gasteiger partial charge < -0.3 is 9.15 Å². The van der Waals surface area contributed by atoms with Gasteiger partial charge in [-0.2, -0.15) is 0 Å². The standard InChI is InChI=1S/C13H10ClNO4/c1-7-5-8(14)6-9-12(7)15-10(19-13(9)17)3-4-11(16)18-2/h3-6H,1-2H3/b4-3+. The second-order valence-corrected chi connectivity index (χ2v) is 4.25. The van der Waals surface area contributed by atoms with Crippen molar-refractivity contribution in [2.75, 3.05) is 7.11 Å². The topological polar surface area (TPSA) is 69.4 Å². The Labute approximate surface area is 113 Å². The lowest BCUT2D eigenvalue weighted by atomic mass is 10.1. The smallest absolute Gasteiger partial charge is 0.347 e. The van der Waals surface area contributed by atoms with E-state index >= 15 is 0 Å². The highest BCUT2D eigenvalue weighted by molar-refractivity contribution is 6.31. The van der Waals surface area contributed by atoms with Crippen LogP contribution in [0, 0.1) is 6.92 Å². The van der Waals surface area contributed by atoms with E-state index < -0.39 is 11.6 Å². The van der Waals surface area contributed by atoms with E-state index in [9.17, 15) is 9.59 Å². The number of aromatic nitrogens is 1. The number of halogens is 1. The molecule has 0 atom stereocenters. The van der Waals surface area contributed by atoms with Crippen molar-refractivity contribution in [2.24, 2.45) is 0 Å². The third-order valence-corrected chi connectivity index (χ3v) is 2.69. The van der Waals surface area contributed by atoms with E-state index in [4.69, 9.17) is 16.0 Å². The van der Waals surface area contributed by atoms with Crippen LogP contribution in [0.5, 0.6) is 0 Å². The van der Waals surface area contributed by atoms with E-state index in [1.165, 1.54) is 19.3 Å². The minimum Gasteiger partial charge on any atom is -0.466 e. The molecule has 0 aliphatic carbocycles. The molecule has 98 valence electrons. The van der Waals surface area contributed by atoms with E-state index in [2.05, 4.69) is 9.72 Å². The Morgan fingerprint density at radius 3 is 2.89 bits per heavy atom. The fourth-order valence-corrected chi connectivity index (χ4v) is 1.87. The van der Waals surface area contributed by atoms with Crippen molar-refractivity contribution in [1.82, 2.24) is 4.98 Å². The van der Waals surface area contributed by atoms with Crippen LogP contribution >= 0.6 is 11.6 Å². The molecule has 2 rings (SSSR count). The molecule has 5 nitrogen and oxygen atoms in total. The molecule has 0 aliphatic heterocycles. The van der Waals surface area contributed by atoms with Crippen LogP contribution in [0.2, 0.25) is 5.02 Å². The number of benzene rings is 1. The highest BCUT2D eigenvalue weighted by Crippen LogP contribution is 2.20. The second-order valence-electron chi connectivity index (χ2n) is 3.81. The number of rotatable bonds is 2. The molecular formula is C13H10ClNO4. The van der Waals surface area contributed by atoms with Crippen LogP contribution in [-0.2, 0) is 9.53 Å². The summed E-state index contributed by atoms with van der Waals surface area (Å²) in [5.41, 5.74) is 0.688. The number of hydrogen-bond donors (Lipinski definition) is 0. The summed E-state index contributed by atoms with van der Waals surface area (Å²) >= 11 is 5.87. The van der Waals surface area contributed by atoms with Crippen molar-refractivity contribution in [3.63, 3.8) is 0 Å². The third-order valence-electron chi connectivity index (χ3n) is 2.47. The maximum absolute atomic E-state index is 11.8. The van der Waals surface area contributed by atoms with E-state index in [-0.39, 0.29) is 5.89 Å². The quantitative estimate of drug-likeness (QED) is 0.623. The summed E-state index contributed by atoms with van der Waals surface area (Å²) in [4.78, 5) is 26.9. The fourth-order valence-electron chi connectivity index (χ4n) is 1.60. The summed E-state index contributed by atoms with van der Waals surface area (Å²) in [6, 6.07) is 3.20. The molecule has 0 saturated carbocycles. The fraction of sp³-hybridized carbons (Fsp3) is 0.154. The molecule has 2 aromatic rings. The zero-order valence-corrected chi connectivity index (χ0v) is 11.0. The van der Waals surface area contributed by atoms with Gasteiger partial charge >= 0.3 is 11.6 Å². The lowest BCUT2D eigenvalue weighted by Crippen LogP contribution is -2.04. The first kappa shape index (κ1) is 13.3. The zero-order valence-electron chi connectivity index (χ0n) is 10.3. The molecule has 6 heteroatoms. The number of hydrogen-bond acceptors (Lipinski definition) is 5. The number of nitrogens with zero attached hydrogens (tertiary/aromatic N) is 1. The average molecular weight is 280 g/mol. The largest absolute Gasteiger partial charge is 0.466 e. The molecule has 1 aromatic carbocycles. The minimum absolute atomic E-state index is 0.0355. The monoisotopic (exact) mass is 279 g/mol. The summed E-state index contributed by atoms with van der Waals surface area (Å²) in [7, 11) is 1.25. The summed E-state index contributed by atoms with van der Waals surface area (Å²) < 4.78 is 9.41. The van der Waals surface area contributed by atoms with Gasteiger partial charge in [0.2, 0.25) is 5.89 Å². The van der Waals surface area contributed by atoms with Gasteiger partial charge in [0.1, 0.15) is 0 Å². The van der Waals surface area contributed by atoms with Gasteiger partial charge in [-0.1, -0.05) is 11.6 Å². The van der Waals surface area contributed by atoms with Crippen molar-refractivity contribution in [2.45, 2.75) is 6.92 Å². The molecular weight excluding hydrogens is 270 g/mol. The Bertz CT molecular complexity index is 733. The Morgan fingerprint density at radius 1 is 1.47 bits per heavy atom. The van der Waals surface area contributed by atoms with Crippen molar-refractivity contribution in [3.8, 4) is 0 Å². The molecule has 1 heterocycles. The van der Waals surface area contributed by atoms with Gasteiger partial charge in [0.05, 0.1) is 18.0 Å². The van der Waals surface area contributed by atoms with Gasteiger partial charge in [-0.05, 0) is 24.6 Å². The number of methoxy groups -OCH3 is 1. The van der Waals surface area contributed by atoms with Crippen LogP contribution < -0.4 is 5.63 Å². The summed E-state index contributed by atoms with van der Waals surface area (Å²) in [5.74, 6) is -0.523. The van der Waals surface area contributed by atoms with Crippen LogP contribution in [-0.4, -0.2) is 18.1 Å². The van der Waals surface area contributed by atoms with Gasteiger partial charge in [0.25, 0.3) is 0 Å². The lowest BCUT2D eigenvalue weighted by molar-refractivity contribution is -0.134. The lowest BCUT2D eigenvalue weighted by Gasteiger charge is -2.02. The van der Waals surface area contributed by atoms with Crippen molar-refractivity contribution in [3.05, 3.63) is 45.1 Å². The average Bonchev–Trinajstić information content (AvgIpc) is 2.37. The molecule has 0 fully saturated rings. The molecule has 0 radical (unpaired) electrons. The van der Waals surface area contributed by atoms with E-state index in [0.29, 0.717) is 15.9 Å². The Morgan fingerprint density at radius 2 is 2.21 bits per heavy atom. The predicted octanol–water partition coefficient (Wildman–Crippen LogP) is 2.34. The van der Waals surface area contributed by atoms with Gasteiger partial charge in [-0.15, -0.1) is 0 Å². The normalized spacial score (nSPS) is 11.1. The number of aryl methyl sites for hydroxylation is 1. The molecule has 0 saturated heterocycles. The van der Waals surface area contributed by atoms with Crippen molar-refractivity contribution >= 4 is 34.5 Å². The molecule has 19 heavy (non-hydrogen) atoms. The third kappa shape index (κ3) is 2.82. The molecule has 0 aliphatic rings. The molecule has 0 N–H and O–H groups in total. The molecule has 0 unspecified atom stereocenters. The number of ether oxygens (including phenoxy) is 1. The Kier molecular flexibility index (Phi) is 3.66. The SMILES string of the molecule is COC(=O)/C=C/c1nc2c(C)cc(Cl)cc2c(=O)o1. The highest BCUT2D eigenvalue weighted by atomic mass is 35.5. The van der Waals surface area contributed by atoms with Crippen LogP contribution in [0.4, 0.5) is 0 Å². The summed E-state index contributed by atoms with van der Waals surface area (Å²) in [5, 5.41) is 0.747. The van der Waals surface area contributed by atoms with E-state index in [0.717, 1.165) is 11.6 Å². The highest BCUT2D eigenvalue weighted by Gasteiger charge is 2.08. The molecule has 0 bridgehead atoms. The first-order chi connectivity index (χ1) is 9.01. The second kappa shape index (κ2) is 5.24. The molecule has 0 amide bonds. The number of fused-ring (bicyclic) bond motifs is 1. The van der Waals surface area contributed by atoms with Crippen molar-refractivity contribution < 1.29 is 13.9 Å². The van der Waals surface area contributed by atoms with Crippen LogP contribution in [0.1, 0.15) is 11.5 Å². The minimum atomic E-state index is -0.558. The predicted molar refractivity (Wildman–Crippen MR) is 71.1 cm³/mol. The van der Waals surface area contributed by atoms with Crippen LogP contribution in [0.25, 0.3) is 17.0 Å². The van der Waals surface area contributed by atoms with Gasteiger partial charge in [-0.3, -0.25) is 0 Å². The Balaban J connectivity index is 2.59. The van der Waals surface area contributed by atoms with Gasteiger partial charge in [0, 0.05) is 17.2 Å². The van der Waals surface area contributed by atoms with Crippen LogP contribution in [0.3, 0.4) is 0 Å². The van der Waals surface area contributed by atoms with Gasteiger partial charge in [-0.25, -0.2) is 14.6 Å². The first-order valence-corrected chi connectivity index (χ1v) is 5.76. The number of esters is 1. The molecule has 1 aromatic heterocycles. The molecule has 0 spiro atoms. The van der Waals surface area contributed by atoms with Gasteiger partial charge in [0.15, 0.2) is 0 Å². The summed E-state index contributed by atoms with van der Waals surface area (Å²) in [6.07, 6.45) is 2.41. The first-order valence-electron chi connectivity index (χ1n) is 5.38. The summed E-state index contributed by atoms with van der Waals surface area (Å²) in [6.45, 7) is 1.79. The van der Waals surface area contributed by atoms with E-state index in [1.807, 2.05) is 0 Å².